The molecule has 0 radical (unpaired) electrons. The lowest BCUT2D eigenvalue weighted by atomic mass is 10.2. The summed E-state index contributed by atoms with van der Waals surface area (Å²) in [4.78, 5) is 38.7. The van der Waals surface area contributed by atoms with E-state index in [1.807, 2.05) is 30.3 Å². The number of hydrogen-bond donors (Lipinski definition) is 0. The highest BCUT2D eigenvalue weighted by Gasteiger charge is 2.22. The molecule has 0 saturated carbocycles. The molecule has 9 nitrogen and oxygen atoms in total. The van der Waals surface area contributed by atoms with Crippen LogP contribution >= 0.6 is 0 Å². The van der Waals surface area contributed by atoms with E-state index in [9.17, 15) is 14.4 Å². The van der Waals surface area contributed by atoms with E-state index in [1.54, 1.807) is 9.80 Å². The fourth-order valence-electron chi connectivity index (χ4n) is 2.86. The number of carbonyl (C=O) groups excluding carboxylic acids is 3. The van der Waals surface area contributed by atoms with Gasteiger partial charge in [0.2, 0.25) is 17.7 Å². The van der Waals surface area contributed by atoms with Gasteiger partial charge in [0.05, 0.1) is 6.42 Å². The number of rotatable bonds is 6. The zero-order chi connectivity index (χ0) is 19.9. The molecule has 3 rings (SSSR count). The molecule has 0 aliphatic carbocycles. The summed E-state index contributed by atoms with van der Waals surface area (Å²) in [5.74, 6) is -0.0722. The normalized spacial score (nSPS) is 14.0. The first-order chi connectivity index (χ1) is 13.5. The van der Waals surface area contributed by atoms with Crippen molar-refractivity contribution in [2.24, 2.45) is 0 Å². The third kappa shape index (κ3) is 5.15. The summed E-state index contributed by atoms with van der Waals surface area (Å²) < 4.78 is 10.6. The summed E-state index contributed by atoms with van der Waals surface area (Å²) in [5, 5.41) is 7.77. The molecule has 1 fully saturated rings. The number of nitrogens with zero attached hydrogens (tertiary/aromatic N) is 4. The second kappa shape index (κ2) is 9.12. The Balaban J connectivity index is 1.39. The maximum atomic E-state index is 12.2. The van der Waals surface area contributed by atoms with Crippen molar-refractivity contribution in [3.8, 4) is 11.5 Å². The van der Waals surface area contributed by atoms with Crippen molar-refractivity contribution < 1.29 is 23.5 Å². The van der Waals surface area contributed by atoms with Crippen molar-refractivity contribution in [3.63, 3.8) is 0 Å². The van der Waals surface area contributed by atoms with E-state index in [0.717, 1.165) is 5.56 Å². The molecule has 1 aliphatic heterocycles. The Bertz CT molecular complexity index is 828. The number of ether oxygens (including phenoxy) is 1. The second-order valence-corrected chi connectivity index (χ2v) is 6.41. The van der Waals surface area contributed by atoms with E-state index in [2.05, 4.69) is 10.2 Å². The highest BCUT2D eigenvalue weighted by Crippen LogP contribution is 2.17. The Kier molecular flexibility index (Phi) is 6.36. The largest absolute Gasteiger partial charge is 0.456 e. The van der Waals surface area contributed by atoms with Crippen molar-refractivity contribution in [2.45, 2.75) is 26.4 Å². The first-order valence-corrected chi connectivity index (χ1v) is 9.09. The molecular weight excluding hydrogens is 364 g/mol. The predicted octanol–water partition coefficient (Wildman–Crippen LogP) is 1.25. The Morgan fingerprint density at radius 2 is 1.68 bits per heavy atom. The van der Waals surface area contributed by atoms with Crippen molar-refractivity contribution in [1.82, 2.24) is 20.0 Å². The van der Waals surface area contributed by atoms with Gasteiger partial charge in [-0.25, -0.2) is 0 Å². The summed E-state index contributed by atoms with van der Waals surface area (Å²) in [6, 6.07) is 9.27. The maximum Gasteiger partial charge on any atom is 0.306 e. The third-order valence-corrected chi connectivity index (χ3v) is 4.46. The molecule has 2 aromatic rings. The van der Waals surface area contributed by atoms with Crippen LogP contribution in [0.5, 0.6) is 0 Å². The van der Waals surface area contributed by atoms with Crippen LogP contribution in [-0.2, 0) is 25.7 Å². The lowest BCUT2D eigenvalue weighted by molar-refractivity contribution is -0.148. The minimum atomic E-state index is -0.504. The molecule has 1 aliphatic rings. The Morgan fingerprint density at radius 1 is 1.00 bits per heavy atom. The van der Waals surface area contributed by atoms with Crippen molar-refractivity contribution >= 4 is 17.8 Å². The number of amides is 2. The standard InChI is InChI=1S/C19H22N4O5/c1-14(24)22-9-11-23(12-10-22)17(25)7-8-18(26)27-13-16-20-21-19(28-16)15-5-3-2-4-6-15/h2-6H,7-13H2,1H3. The molecule has 2 heterocycles. The van der Waals surface area contributed by atoms with Crippen LogP contribution in [0, 0.1) is 0 Å². The highest BCUT2D eigenvalue weighted by atomic mass is 16.5. The minimum Gasteiger partial charge on any atom is -0.456 e. The van der Waals surface area contributed by atoms with E-state index in [1.165, 1.54) is 6.92 Å². The molecule has 0 N–H and O–H groups in total. The van der Waals surface area contributed by atoms with Crippen LogP contribution in [0.15, 0.2) is 34.7 Å². The van der Waals surface area contributed by atoms with Crippen molar-refractivity contribution in [2.75, 3.05) is 26.2 Å². The van der Waals surface area contributed by atoms with Gasteiger partial charge in [-0.1, -0.05) is 18.2 Å². The van der Waals surface area contributed by atoms with Crippen LogP contribution in [0.25, 0.3) is 11.5 Å². The first kappa shape index (κ1) is 19.5. The summed E-state index contributed by atoms with van der Waals surface area (Å²) in [7, 11) is 0. The van der Waals surface area contributed by atoms with E-state index in [0.29, 0.717) is 32.1 Å². The van der Waals surface area contributed by atoms with Gasteiger partial charge in [-0.3, -0.25) is 14.4 Å². The zero-order valence-electron chi connectivity index (χ0n) is 15.7. The lowest BCUT2D eigenvalue weighted by Crippen LogP contribution is -2.50. The molecule has 9 heteroatoms. The fraction of sp³-hybridized carbons (Fsp3) is 0.421. The van der Waals surface area contributed by atoms with E-state index in [-0.39, 0.29) is 37.2 Å². The quantitative estimate of drug-likeness (QED) is 0.688. The maximum absolute atomic E-state index is 12.2. The molecule has 0 atom stereocenters. The molecule has 1 aromatic heterocycles. The number of carbonyl (C=O) groups is 3. The van der Waals surface area contributed by atoms with E-state index in [4.69, 9.17) is 9.15 Å². The van der Waals surface area contributed by atoms with Crippen LogP contribution in [0.2, 0.25) is 0 Å². The number of aromatic nitrogens is 2. The molecule has 1 aromatic carbocycles. The molecule has 1 saturated heterocycles. The monoisotopic (exact) mass is 386 g/mol. The number of piperazine rings is 1. The molecular formula is C19H22N4O5. The summed E-state index contributed by atoms with van der Waals surface area (Å²) in [6.07, 6.45) is 0.0451. The van der Waals surface area contributed by atoms with Gasteiger partial charge in [-0.2, -0.15) is 0 Å². The zero-order valence-corrected chi connectivity index (χ0v) is 15.7. The summed E-state index contributed by atoms with van der Waals surface area (Å²) in [6.45, 7) is 3.39. The van der Waals surface area contributed by atoms with Crippen LogP contribution in [-0.4, -0.2) is 64.0 Å². The van der Waals surface area contributed by atoms with E-state index >= 15 is 0 Å². The van der Waals surface area contributed by atoms with Gasteiger partial charge in [0.25, 0.3) is 5.89 Å². The lowest BCUT2D eigenvalue weighted by Gasteiger charge is -2.34. The highest BCUT2D eigenvalue weighted by molar-refractivity contribution is 5.81. The van der Waals surface area contributed by atoms with Gasteiger partial charge in [0.1, 0.15) is 0 Å². The summed E-state index contributed by atoms with van der Waals surface area (Å²) >= 11 is 0. The molecule has 28 heavy (non-hydrogen) atoms. The average Bonchev–Trinajstić information content (AvgIpc) is 3.20. The number of benzene rings is 1. The SMILES string of the molecule is CC(=O)N1CCN(C(=O)CCC(=O)OCc2nnc(-c3ccccc3)o2)CC1. The number of hydrogen-bond acceptors (Lipinski definition) is 7. The Hall–Kier alpha value is -3.23. The Morgan fingerprint density at radius 3 is 2.36 bits per heavy atom. The first-order valence-electron chi connectivity index (χ1n) is 9.09. The van der Waals surface area contributed by atoms with Crippen LogP contribution in [0.1, 0.15) is 25.7 Å². The minimum absolute atomic E-state index is 0.00660. The van der Waals surface area contributed by atoms with Gasteiger partial charge >= 0.3 is 5.97 Å². The fourth-order valence-corrected chi connectivity index (χ4v) is 2.86. The molecule has 0 unspecified atom stereocenters. The molecule has 0 spiro atoms. The average molecular weight is 386 g/mol. The van der Waals surface area contributed by atoms with E-state index < -0.39 is 5.97 Å². The molecule has 0 bridgehead atoms. The molecule has 148 valence electrons. The van der Waals surface area contributed by atoms with Gasteiger partial charge < -0.3 is 19.0 Å². The predicted molar refractivity (Wildman–Crippen MR) is 97.6 cm³/mol. The van der Waals surface area contributed by atoms with Crippen molar-refractivity contribution in [3.05, 3.63) is 36.2 Å². The summed E-state index contributed by atoms with van der Waals surface area (Å²) in [5.41, 5.74) is 0.781. The molecule has 2 amide bonds. The van der Waals surface area contributed by atoms with Crippen LogP contribution < -0.4 is 0 Å². The Labute approximate surface area is 162 Å². The second-order valence-electron chi connectivity index (χ2n) is 6.41. The third-order valence-electron chi connectivity index (χ3n) is 4.46. The van der Waals surface area contributed by atoms with Gasteiger partial charge in [-0.15, -0.1) is 10.2 Å². The van der Waals surface area contributed by atoms with Crippen LogP contribution in [0.3, 0.4) is 0 Å². The van der Waals surface area contributed by atoms with Gasteiger partial charge in [-0.05, 0) is 12.1 Å². The van der Waals surface area contributed by atoms with Crippen LogP contribution in [0.4, 0.5) is 0 Å². The smallest absolute Gasteiger partial charge is 0.306 e. The van der Waals surface area contributed by atoms with Gasteiger partial charge in [0, 0.05) is 45.1 Å². The topological polar surface area (TPSA) is 106 Å². The van der Waals surface area contributed by atoms with Gasteiger partial charge in [0.15, 0.2) is 6.61 Å². The van der Waals surface area contributed by atoms with Crippen molar-refractivity contribution in [1.29, 1.82) is 0 Å². The number of esters is 1.